The van der Waals surface area contributed by atoms with Crippen molar-refractivity contribution in [1.29, 1.82) is 0 Å². The fraction of sp³-hybridized carbons (Fsp3) is 0.308. The van der Waals surface area contributed by atoms with E-state index < -0.39 is 17.6 Å². The number of aromatic nitrogens is 1. The lowest BCUT2D eigenvalue weighted by molar-refractivity contribution is -0.152. The van der Waals surface area contributed by atoms with E-state index in [1.807, 2.05) is 59.5 Å². The molecule has 8 nitrogen and oxygen atoms in total. The number of benzene rings is 2. The van der Waals surface area contributed by atoms with Gasteiger partial charge in [-0.1, -0.05) is 42.5 Å². The molecule has 34 heavy (non-hydrogen) atoms. The van der Waals surface area contributed by atoms with Crippen LogP contribution in [0.1, 0.15) is 24.8 Å². The van der Waals surface area contributed by atoms with Crippen LogP contribution in [0.25, 0.3) is 22.0 Å². The highest BCUT2D eigenvalue weighted by Gasteiger charge is 2.50. The molecule has 5 rings (SSSR count). The van der Waals surface area contributed by atoms with Gasteiger partial charge in [0, 0.05) is 31.2 Å². The zero-order valence-corrected chi connectivity index (χ0v) is 18.9. The van der Waals surface area contributed by atoms with E-state index in [0.717, 1.165) is 34.9 Å². The predicted octanol–water partition coefficient (Wildman–Crippen LogP) is 2.42. The molecule has 0 bridgehead atoms. The predicted molar refractivity (Wildman–Crippen MR) is 128 cm³/mol. The van der Waals surface area contributed by atoms with Crippen molar-refractivity contribution in [2.24, 2.45) is 5.73 Å². The van der Waals surface area contributed by atoms with E-state index in [1.165, 1.54) is 4.90 Å². The molecule has 1 radical (unpaired) electrons. The molecule has 2 unspecified atom stereocenters. The summed E-state index contributed by atoms with van der Waals surface area (Å²) in [5.41, 5.74) is 10.9. The van der Waals surface area contributed by atoms with Gasteiger partial charge in [0.25, 0.3) is 5.91 Å². The second-order valence-electron chi connectivity index (χ2n) is 8.92. The van der Waals surface area contributed by atoms with Crippen molar-refractivity contribution in [2.45, 2.75) is 31.0 Å². The molecule has 8 heteroatoms. The molecule has 3 heterocycles. The van der Waals surface area contributed by atoms with Gasteiger partial charge < -0.3 is 10.6 Å². The van der Waals surface area contributed by atoms with Crippen molar-refractivity contribution in [2.75, 3.05) is 19.6 Å². The molecule has 2 amide bonds. The van der Waals surface area contributed by atoms with Crippen LogP contribution in [-0.2, 0) is 15.1 Å². The lowest BCUT2D eigenvalue weighted by atomic mass is 9.88. The van der Waals surface area contributed by atoms with Crippen LogP contribution < -0.4 is 11.2 Å². The number of rotatable bonds is 5. The fourth-order valence-corrected chi connectivity index (χ4v) is 5.13. The Hall–Kier alpha value is -3.33. The molecule has 2 aromatic carbocycles. The summed E-state index contributed by atoms with van der Waals surface area (Å²) < 4.78 is 0. The highest BCUT2D eigenvalue weighted by Crippen LogP contribution is 2.35. The lowest BCUT2D eigenvalue weighted by Crippen LogP contribution is -2.60. The fourth-order valence-electron chi connectivity index (χ4n) is 5.13. The number of hydroxylamine groups is 1. The molecule has 1 aromatic heterocycles. The number of hydrogen-bond donors (Lipinski definition) is 3. The van der Waals surface area contributed by atoms with E-state index >= 15 is 0 Å². The molecule has 2 fully saturated rings. The largest absolute Gasteiger partial charge is 0.316 e. The third-order valence-corrected chi connectivity index (χ3v) is 6.98. The number of hydrogen-bond acceptors (Lipinski definition) is 6. The van der Waals surface area contributed by atoms with Crippen molar-refractivity contribution in [1.82, 2.24) is 20.3 Å². The summed E-state index contributed by atoms with van der Waals surface area (Å²) in [4.78, 5) is 34.0. The summed E-state index contributed by atoms with van der Waals surface area (Å²) in [6, 6.07) is 17.7. The normalized spacial score (nSPS) is 22.2. The molecule has 2 aliphatic heterocycles. The summed E-state index contributed by atoms with van der Waals surface area (Å²) >= 11 is 0. The summed E-state index contributed by atoms with van der Waals surface area (Å²) in [6.07, 6.45) is 5.13. The SMILES string of the molecule is NC1(c2ccc(-c3ccnc4ccccc34)cc2)CCN(C(C(=O)NO)N2CC[CH]CC2)C1=O. The number of nitrogens with two attached hydrogens (primary N) is 1. The first-order valence-electron chi connectivity index (χ1n) is 11.6. The third-order valence-electron chi connectivity index (χ3n) is 6.98. The number of nitrogens with one attached hydrogen (secondary N) is 1. The minimum atomic E-state index is -1.23. The molecule has 4 N–H and O–H groups in total. The Morgan fingerprint density at radius 1 is 1.06 bits per heavy atom. The molecule has 0 aliphatic carbocycles. The zero-order chi connectivity index (χ0) is 23.7. The van der Waals surface area contributed by atoms with Gasteiger partial charge in [0.05, 0.1) is 5.52 Å². The quantitative estimate of drug-likeness (QED) is 0.400. The van der Waals surface area contributed by atoms with Crippen molar-refractivity contribution in [3.05, 3.63) is 72.8 Å². The maximum absolute atomic E-state index is 13.6. The van der Waals surface area contributed by atoms with Crippen LogP contribution in [0.3, 0.4) is 0 Å². The summed E-state index contributed by atoms with van der Waals surface area (Å²) in [7, 11) is 0. The number of fused-ring (bicyclic) bond motifs is 1. The van der Waals surface area contributed by atoms with E-state index in [1.54, 1.807) is 11.7 Å². The average molecular weight is 459 g/mol. The van der Waals surface area contributed by atoms with Crippen LogP contribution in [-0.4, -0.2) is 57.6 Å². The molecular weight excluding hydrogens is 430 g/mol. The van der Waals surface area contributed by atoms with Crippen LogP contribution in [0.5, 0.6) is 0 Å². The minimum absolute atomic E-state index is 0.308. The second-order valence-corrected chi connectivity index (χ2v) is 8.92. The molecule has 175 valence electrons. The van der Waals surface area contributed by atoms with Crippen molar-refractivity contribution in [3.8, 4) is 11.1 Å². The number of piperidine rings is 1. The number of likely N-dealkylation sites (tertiary alicyclic amines) is 2. The Labute approximate surface area is 198 Å². The highest BCUT2D eigenvalue weighted by atomic mass is 16.5. The molecule has 0 saturated carbocycles. The minimum Gasteiger partial charge on any atom is -0.316 e. The summed E-state index contributed by atoms with van der Waals surface area (Å²) in [5, 5.41) is 10.4. The third kappa shape index (κ3) is 3.83. The Morgan fingerprint density at radius 3 is 2.53 bits per heavy atom. The number of para-hydroxylation sites is 1. The van der Waals surface area contributed by atoms with Crippen LogP contribution in [0.15, 0.2) is 60.8 Å². The van der Waals surface area contributed by atoms with Crippen LogP contribution in [0, 0.1) is 6.42 Å². The maximum Gasteiger partial charge on any atom is 0.281 e. The molecule has 2 aliphatic rings. The van der Waals surface area contributed by atoms with Gasteiger partial charge in [0.1, 0.15) is 5.54 Å². The van der Waals surface area contributed by atoms with E-state index in [9.17, 15) is 14.8 Å². The zero-order valence-electron chi connectivity index (χ0n) is 18.9. The van der Waals surface area contributed by atoms with Gasteiger partial charge in [-0.05, 0) is 54.5 Å². The first-order chi connectivity index (χ1) is 16.5. The van der Waals surface area contributed by atoms with Crippen LogP contribution >= 0.6 is 0 Å². The molecule has 0 spiro atoms. The van der Waals surface area contributed by atoms with Gasteiger partial charge in [-0.15, -0.1) is 0 Å². The van der Waals surface area contributed by atoms with Gasteiger partial charge in [-0.2, -0.15) is 0 Å². The second kappa shape index (κ2) is 9.13. The number of carbonyl (C=O) groups excluding carboxylic acids is 2. The van der Waals surface area contributed by atoms with Gasteiger partial charge in [-0.3, -0.25) is 24.7 Å². The standard InChI is InChI=1S/C26H28N5O3/c27-26(13-17-31(25(26)33)24(23(32)29-34)30-15-4-1-5-16-30)19-10-8-18(9-11-19)20-12-14-28-22-7-3-2-6-21(20)22/h1-3,6-12,14,24,34H,4-5,13,15-17,27H2,(H,29,32). The number of amides is 2. The molecule has 3 aromatic rings. The van der Waals surface area contributed by atoms with E-state index in [0.29, 0.717) is 31.6 Å². The van der Waals surface area contributed by atoms with Crippen molar-refractivity contribution < 1.29 is 14.8 Å². The smallest absolute Gasteiger partial charge is 0.281 e. The lowest BCUT2D eigenvalue weighted by Gasteiger charge is -2.38. The topological polar surface area (TPSA) is 112 Å². The van der Waals surface area contributed by atoms with Crippen LogP contribution in [0.4, 0.5) is 0 Å². The average Bonchev–Trinajstić information content (AvgIpc) is 3.19. The van der Waals surface area contributed by atoms with E-state index in [4.69, 9.17) is 5.73 Å². The van der Waals surface area contributed by atoms with Gasteiger partial charge in [0.2, 0.25) is 5.91 Å². The Bertz CT molecular complexity index is 1200. The van der Waals surface area contributed by atoms with Gasteiger partial charge >= 0.3 is 0 Å². The van der Waals surface area contributed by atoms with Crippen molar-refractivity contribution in [3.63, 3.8) is 0 Å². The Morgan fingerprint density at radius 2 is 1.79 bits per heavy atom. The molecular formula is C26H28N5O3. The van der Waals surface area contributed by atoms with E-state index in [2.05, 4.69) is 11.4 Å². The molecule has 2 atom stereocenters. The molecule has 2 saturated heterocycles. The first-order valence-corrected chi connectivity index (χ1v) is 11.6. The number of carbonyl (C=O) groups is 2. The van der Waals surface area contributed by atoms with Gasteiger partial charge in [0.15, 0.2) is 6.17 Å². The van der Waals surface area contributed by atoms with Crippen LogP contribution in [0.2, 0.25) is 0 Å². The number of pyridine rings is 1. The first kappa shape index (κ1) is 22.5. The highest BCUT2D eigenvalue weighted by molar-refractivity contribution is 5.96. The number of nitrogens with zero attached hydrogens (tertiary/aromatic N) is 3. The Kier molecular flexibility index (Phi) is 6.03. The maximum atomic E-state index is 13.6. The summed E-state index contributed by atoms with van der Waals surface area (Å²) in [5.74, 6) is -0.919. The monoisotopic (exact) mass is 458 g/mol. The summed E-state index contributed by atoms with van der Waals surface area (Å²) in [6.45, 7) is 1.63. The Balaban J connectivity index is 1.42. The van der Waals surface area contributed by atoms with Gasteiger partial charge in [-0.25, -0.2) is 5.48 Å². The van der Waals surface area contributed by atoms with E-state index in [-0.39, 0.29) is 5.91 Å². The van der Waals surface area contributed by atoms with Crippen molar-refractivity contribution >= 4 is 22.7 Å².